The Morgan fingerprint density at radius 3 is 2.75 bits per heavy atom. The number of hydrogen-bond donors (Lipinski definition) is 2. The Kier molecular flexibility index (Phi) is 4.65. The highest BCUT2D eigenvalue weighted by molar-refractivity contribution is 5.99. The van der Waals surface area contributed by atoms with Crippen LogP contribution in [0.2, 0.25) is 0 Å². The first-order chi connectivity index (χ1) is 9.70. The molecule has 0 saturated heterocycles. The zero-order chi connectivity index (χ0) is 14.4. The zero-order valence-electron chi connectivity index (χ0n) is 11.7. The first-order valence-electron chi connectivity index (χ1n) is 6.52. The van der Waals surface area contributed by atoms with Crippen molar-refractivity contribution >= 4 is 11.6 Å². The monoisotopic (exact) mass is 270 g/mol. The van der Waals surface area contributed by atoms with E-state index in [2.05, 4.69) is 20.6 Å². The van der Waals surface area contributed by atoms with Crippen LogP contribution in [0.3, 0.4) is 0 Å². The van der Waals surface area contributed by atoms with Crippen molar-refractivity contribution in [2.75, 3.05) is 18.9 Å². The molecule has 0 fully saturated rings. The average Bonchev–Trinajstić information content (AvgIpc) is 2.48. The van der Waals surface area contributed by atoms with Gasteiger partial charge in [-0.3, -0.25) is 14.8 Å². The van der Waals surface area contributed by atoms with Crippen LogP contribution in [0.4, 0.5) is 5.69 Å². The maximum absolute atomic E-state index is 12.1. The van der Waals surface area contributed by atoms with Crippen molar-refractivity contribution < 1.29 is 4.79 Å². The molecule has 0 unspecified atom stereocenters. The molecule has 0 aliphatic rings. The molecule has 2 aromatic rings. The van der Waals surface area contributed by atoms with E-state index in [9.17, 15) is 4.79 Å². The number of nitrogens with one attached hydrogen (secondary N) is 2. The Morgan fingerprint density at radius 1 is 1.30 bits per heavy atom. The molecule has 20 heavy (non-hydrogen) atoms. The van der Waals surface area contributed by atoms with Gasteiger partial charge in [-0.2, -0.15) is 0 Å². The number of rotatable bonds is 5. The van der Waals surface area contributed by atoms with Gasteiger partial charge < -0.3 is 10.6 Å². The number of pyridine rings is 2. The molecule has 1 amide bonds. The molecule has 0 bridgehead atoms. The van der Waals surface area contributed by atoms with Gasteiger partial charge in [0.2, 0.25) is 0 Å². The van der Waals surface area contributed by atoms with Crippen LogP contribution in [-0.4, -0.2) is 29.5 Å². The predicted octanol–water partition coefficient (Wildman–Crippen LogP) is 1.80. The number of aromatic nitrogens is 2. The molecular weight excluding hydrogens is 252 g/mol. The lowest BCUT2D eigenvalue weighted by molar-refractivity contribution is 0.0954. The molecule has 0 spiro atoms. The molecule has 0 aromatic carbocycles. The normalized spacial score (nSPS) is 10.1. The molecule has 2 N–H and O–H groups in total. The van der Waals surface area contributed by atoms with Crippen LogP contribution in [0.5, 0.6) is 0 Å². The molecule has 104 valence electrons. The SMILES string of the molecule is CNc1cc(C)ncc1C(=O)NCCc1ccncc1. The molecule has 0 aliphatic carbocycles. The third kappa shape index (κ3) is 3.54. The van der Waals surface area contributed by atoms with E-state index in [4.69, 9.17) is 0 Å². The molecule has 0 radical (unpaired) electrons. The minimum atomic E-state index is -0.115. The fourth-order valence-electron chi connectivity index (χ4n) is 1.91. The van der Waals surface area contributed by atoms with Crippen molar-refractivity contribution in [3.8, 4) is 0 Å². The van der Waals surface area contributed by atoms with E-state index in [-0.39, 0.29) is 5.91 Å². The number of anilines is 1. The zero-order valence-corrected chi connectivity index (χ0v) is 11.7. The van der Waals surface area contributed by atoms with E-state index < -0.39 is 0 Å². The summed E-state index contributed by atoms with van der Waals surface area (Å²) in [5.41, 5.74) is 3.38. The smallest absolute Gasteiger partial charge is 0.254 e. The van der Waals surface area contributed by atoms with Gasteiger partial charge in [-0.15, -0.1) is 0 Å². The van der Waals surface area contributed by atoms with Gasteiger partial charge in [0.05, 0.1) is 11.3 Å². The highest BCUT2D eigenvalue weighted by Gasteiger charge is 2.10. The van der Waals surface area contributed by atoms with E-state index in [1.165, 1.54) is 0 Å². The third-order valence-corrected chi connectivity index (χ3v) is 3.00. The first kappa shape index (κ1) is 14.0. The van der Waals surface area contributed by atoms with Crippen molar-refractivity contribution in [3.05, 3.63) is 53.6 Å². The van der Waals surface area contributed by atoms with E-state index in [1.807, 2.05) is 25.1 Å². The summed E-state index contributed by atoms with van der Waals surface area (Å²) in [4.78, 5) is 20.3. The Bertz CT molecular complexity index is 584. The van der Waals surface area contributed by atoms with Crippen molar-refractivity contribution in [2.24, 2.45) is 0 Å². The van der Waals surface area contributed by atoms with Crippen LogP contribution in [0.25, 0.3) is 0 Å². The van der Waals surface area contributed by atoms with Crippen molar-refractivity contribution in [1.82, 2.24) is 15.3 Å². The van der Waals surface area contributed by atoms with E-state index >= 15 is 0 Å². The number of carbonyl (C=O) groups is 1. The highest BCUT2D eigenvalue weighted by Crippen LogP contribution is 2.14. The second-order valence-corrected chi connectivity index (χ2v) is 4.48. The molecule has 2 heterocycles. The van der Waals surface area contributed by atoms with E-state index in [0.717, 1.165) is 23.4 Å². The van der Waals surface area contributed by atoms with E-state index in [1.54, 1.807) is 25.6 Å². The van der Waals surface area contributed by atoms with Gasteiger partial charge >= 0.3 is 0 Å². The summed E-state index contributed by atoms with van der Waals surface area (Å²) in [7, 11) is 1.79. The molecule has 0 aliphatic heterocycles. The average molecular weight is 270 g/mol. The van der Waals surface area contributed by atoms with Gasteiger partial charge in [0.15, 0.2) is 0 Å². The fraction of sp³-hybridized carbons (Fsp3) is 0.267. The number of aryl methyl sites for hydroxylation is 1. The summed E-state index contributed by atoms with van der Waals surface area (Å²) >= 11 is 0. The Morgan fingerprint density at radius 2 is 2.05 bits per heavy atom. The quantitative estimate of drug-likeness (QED) is 0.869. The summed E-state index contributed by atoms with van der Waals surface area (Å²) in [6, 6.07) is 5.75. The van der Waals surface area contributed by atoms with Crippen molar-refractivity contribution in [3.63, 3.8) is 0 Å². The van der Waals surface area contributed by atoms with Gasteiger partial charge in [-0.1, -0.05) is 0 Å². The van der Waals surface area contributed by atoms with Gasteiger partial charge in [0, 0.05) is 37.9 Å². The summed E-state index contributed by atoms with van der Waals surface area (Å²) in [5.74, 6) is -0.115. The lowest BCUT2D eigenvalue weighted by atomic mass is 10.1. The van der Waals surface area contributed by atoms with Gasteiger partial charge in [-0.25, -0.2) is 0 Å². The summed E-state index contributed by atoms with van der Waals surface area (Å²) in [6.07, 6.45) is 5.88. The summed E-state index contributed by atoms with van der Waals surface area (Å²) < 4.78 is 0. The Hall–Kier alpha value is -2.43. The number of carbonyl (C=O) groups excluding carboxylic acids is 1. The number of hydrogen-bond acceptors (Lipinski definition) is 4. The number of nitrogens with zero attached hydrogens (tertiary/aromatic N) is 2. The summed E-state index contributed by atoms with van der Waals surface area (Å²) in [6.45, 7) is 2.48. The largest absolute Gasteiger partial charge is 0.387 e. The number of amides is 1. The topological polar surface area (TPSA) is 66.9 Å². The van der Waals surface area contributed by atoms with Crippen molar-refractivity contribution in [1.29, 1.82) is 0 Å². The maximum Gasteiger partial charge on any atom is 0.254 e. The fourth-order valence-corrected chi connectivity index (χ4v) is 1.91. The third-order valence-electron chi connectivity index (χ3n) is 3.00. The molecule has 2 rings (SSSR count). The second kappa shape index (κ2) is 6.65. The summed E-state index contributed by atoms with van der Waals surface area (Å²) in [5, 5.41) is 5.92. The van der Waals surface area contributed by atoms with Crippen LogP contribution in [0, 0.1) is 6.92 Å². The van der Waals surface area contributed by atoms with E-state index in [0.29, 0.717) is 12.1 Å². The lowest BCUT2D eigenvalue weighted by Gasteiger charge is -2.10. The van der Waals surface area contributed by atoms with Crippen LogP contribution < -0.4 is 10.6 Å². The minimum absolute atomic E-state index is 0.115. The molecule has 0 saturated carbocycles. The lowest BCUT2D eigenvalue weighted by Crippen LogP contribution is -2.26. The maximum atomic E-state index is 12.1. The van der Waals surface area contributed by atoms with Crippen LogP contribution in [-0.2, 0) is 6.42 Å². The molecule has 5 nitrogen and oxygen atoms in total. The standard InChI is InChI=1S/C15H18N4O/c1-11-9-14(16-2)13(10-19-11)15(20)18-8-5-12-3-6-17-7-4-12/h3-4,6-7,9-10H,5,8H2,1-2H3,(H,16,19)(H,18,20). The molecule has 5 heteroatoms. The Balaban J connectivity index is 1.95. The minimum Gasteiger partial charge on any atom is -0.387 e. The predicted molar refractivity (Wildman–Crippen MR) is 78.8 cm³/mol. The van der Waals surface area contributed by atoms with Gasteiger partial charge in [0.25, 0.3) is 5.91 Å². The van der Waals surface area contributed by atoms with Gasteiger partial charge in [0.1, 0.15) is 0 Å². The Labute approximate surface area is 118 Å². The van der Waals surface area contributed by atoms with Gasteiger partial charge in [-0.05, 0) is 37.1 Å². The second-order valence-electron chi connectivity index (χ2n) is 4.48. The molecule has 0 atom stereocenters. The first-order valence-corrected chi connectivity index (χ1v) is 6.52. The molecular formula is C15H18N4O. The van der Waals surface area contributed by atoms with Crippen LogP contribution >= 0.6 is 0 Å². The highest BCUT2D eigenvalue weighted by atomic mass is 16.1. The van der Waals surface area contributed by atoms with Crippen molar-refractivity contribution in [2.45, 2.75) is 13.3 Å². The van der Waals surface area contributed by atoms with Crippen LogP contribution in [0.1, 0.15) is 21.6 Å². The molecule has 2 aromatic heterocycles. The van der Waals surface area contributed by atoms with Crippen LogP contribution in [0.15, 0.2) is 36.8 Å².